The summed E-state index contributed by atoms with van der Waals surface area (Å²) in [5.74, 6) is 0. The summed E-state index contributed by atoms with van der Waals surface area (Å²) in [6.45, 7) is 0. The number of nitrogens with zero attached hydrogens (tertiary/aromatic N) is 2. The molecule has 0 saturated carbocycles. The van der Waals surface area contributed by atoms with Gasteiger partial charge in [-0.1, -0.05) is 12.1 Å². The molecule has 1 aromatic heterocycles. The molecule has 0 fully saturated rings. The molecule has 1 aromatic carbocycles. The molecule has 0 bridgehead atoms. The van der Waals surface area contributed by atoms with Crippen molar-refractivity contribution < 1.29 is 0 Å². The smallest absolute Gasteiger partial charge is 0.124 e. The summed E-state index contributed by atoms with van der Waals surface area (Å²) in [7, 11) is 0. The van der Waals surface area contributed by atoms with E-state index in [0.29, 0.717) is 0 Å². The largest absolute Gasteiger partial charge is 0.252 e. The molecular formula is C11H9BrN2S. The first kappa shape index (κ1) is 10.6. The third-order valence-electron chi connectivity index (χ3n) is 2.01. The van der Waals surface area contributed by atoms with Crippen LogP contribution in [0, 0.1) is 0 Å². The van der Waals surface area contributed by atoms with Crippen LogP contribution < -0.4 is 0 Å². The minimum atomic E-state index is 0.756. The molecule has 0 aliphatic carbocycles. The van der Waals surface area contributed by atoms with Gasteiger partial charge in [0.05, 0.1) is 18.1 Å². The van der Waals surface area contributed by atoms with Gasteiger partial charge in [-0.3, -0.25) is 4.98 Å². The van der Waals surface area contributed by atoms with Gasteiger partial charge >= 0.3 is 0 Å². The van der Waals surface area contributed by atoms with Crippen molar-refractivity contribution in [2.24, 2.45) is 0 Å². The highest BCUT2D eigenvalue weighted by molar-refractivity contribution is 9.10. The van der Waals surface area contributed by atoms with Gasteiger partial charge < -0.3 is 0 Å². The maximum atomic E-state index is 4.29. The second-order valence-electron chi connectivity index (χ2n) is 2.95. The molecular weight excluding hydrogens is 272 g/mol. The molecule has 0 N–H and O–H groups in total. The van der Waals surface area contributed by atoms with Crippen molar-refractivity contribution >= 4 is 27.7 Å². The van der Waals surface area contributed by atoms with E-state index in [1.54, 1.807) is 24.2 Å². The summed E-state index contributed by atoms with van der Waals surface area (Å²) >= 11 is 5.00. The third-order valence-corrected chi connectivity index (χ3v) is 3.16. The maximum Gasteiger partial charge on any atom is 0.124 e. The normalized spacial score (nSPS) is 10.3. The molecule has 4 heteroatoms. The first-order chi connectivity index (χ1) is 7.29. The maximum absolute atomic E-state index is 4.29. The summed E-state index contributed by atoms with van der Waals surface area (Å²) in [5.41, 5.74) is 1.98. The van der Waals surface area contributed by atoms with Gasteiger partial charge in [0.15, 0.2) is 0 Å². The number of rotatable bonds is 2. The standard InChI is InChI=1S/C11H9BrN2S/c1-15-9-4-2-8(3-5-9)10-6-14-11(12)7-13-10/h2-7H,1H3. The number of hydrogen-bond donors (Lipinski definition) is 0. The van der Waals surface area contributed by atoms with Gasteiger partial charge in [0.2, 0.25) is 0 Å². The van der Waals surface area contributed by atoms with Crippen molar-refractivity contribution in [2.45, 2.75) is 4.90 Å². The van der Waals surface area contributed by atoms with Crippen molar-refractivity contribution in [1.29, 1.82) is 0 Å². The molecule has 76 valence electrons. The van der Waals surface area contributed by atoms with Crippen LogP contribution in [0.1, 0.15) is 0 Å². The minimum Gasteiger partial charge on any atom is -0.252 e. The van der Waals surface area contributed by atoms with Gasteiger partial charge in [0.25, 0.3) is 0 Å². The summed E-state index contributed by atoms with van der Waals surface area (Å²) in [6.07, 6.45) is 5.53. The molecule has 0 spiro atoms. The predicted octanol–water partition coefficient (Wildman–Crippen LogP) is 3.63. The molecule has 2 nitrogen and oxygen atoms in total. The molecule has 0 aliphatic rings. The molecule has 0 aliphatic heterocycles. The van der Waals surface area contributed by atoms with Crippen LogP contribution in [-0.2, 0) is 0 Å². The third kappa shape index (κ3) is 2.58. The van der Waals surface area contributed by atoms with Crippen LogP contribution >= 0.6 is 27.7 Å². The fourth-order valence-electron chi connectivity index (χ4n) is 1.22. The lowest BCUT2D eigenvalue weighted by Gasteiger charge is -2.01. The van der Waals surface area contributed by atoms with Crippen molar-refractivity contribution in [3.8, 4) is 11.3 Å². The van der Waals surface area contributed by atoms with Crippen LogP contribution in [0.3, 0.4) is 0 Å². The molecule has 0 amide bonds. The molecule has 15 heavy (non-hydrogen) atoms. The van der Waals surface area contributed by atoms with E-state index in [1.165, 1.54) is 4.90 Å². The quantitative estimate of drug-likeness (QED) is 0.786. The summed E-state index contributed by atoms with van der Waals surface area (Å²) < 4.78 is 0.756. The topological polar surface area (TPSA) is 25.8 Å². The molecule has 0 radical (unpaired) electrons. The lowest BCUT2D eigenvalue weighted by Crippen LogP contribution is -1.85. The zero-order chi connectivity index (χ0) is 10.7. The highest BCUT2D eigenvalue weighted by Gasteiger charge is 1.99. The second kappa shape index (κ2) is 4.77. The SMILES string of the molecule is CSc1ccc(-c2cnc(Br)cn2)cc1. The summed E-state index contributed by atoms with van der Waals surface area (Å²) in [6, 6.07) is 8.29. The van der Waals surface area contributed by atoms with E-state index in [-0.39, 0.29) is 0 Å². The van der Waals surface area contributed by atoms with Crippen LogP contribution in [0.4, 0.5) is 0 Å². The highest BCUT2D eigenvalue weighted by Crippen LogP contribution is 2.21. The Bertz CT molecular complexity index is 439. The molecule has 2 aromatic rings. The van der Waals surface area contributed by atoms with E-state index in [4.69, 9.17) is 0 Å². The van der Waals surface area contributed by atoms with Crippen LogP contribution in [0.15, 0.2) is 46.2 Å². The average Bonchev–Trinajstić information content (AvgIpc) is 2.30. The van der Waals surface area contributed by atoms with E-state index in [2.05, 4.69) is 56.4 Å². The number of benzene rings is 1. The molecule has 2 rings (SSSR count). The number of hydrogen-bond acceptors (Lipinski definition) is 3. The van der Waals surface area contributed by atoms with Gasteiger partial charge in [0, 0.05) is 10.5 Å². The summed E-state index contributed by atoms with van der Waals surface area (Å²) in [5, 5.41) is 0. The first-order valence-corrected chi connectivity index (χ1v) is 6.43. The van der Waals surface area contributed by atoms with E-state index in [0.717, 1.165) is 15.9 Å². The Morgan fingerprint density at radius 1 is 1.07 bits per heavy atom. The Balaban J connectivity index is 2.33. The first-order valence-electron chi connectivity index (χ1n) is 4.41. The second-order valence-corrected chi connectivity index (χ2v) is 4.64. The van der Waals surface area contributed by atoms with Gasteiger partial charge in [-0.2, -0.15) is 0 Å². The minimum absolute atomic E-state index is 0.756. The number of thioether (sulfide) groups is 1. The van der Waals surface area contributed by atoms with Crippen molar-refractivity contribution in [3.05, 3.63) is 41.3 Å². The zero-order valence-electron chi connectivity index (χ0n) is 8.14. The average molecular weight is 281 g/mol. The Hall–Kier alpha value is -0.870. The Morgan fingerprint density at radius 3 is 2.33 bits per heavy atom. The van der Waals surface area contributed by atoms with E-state index >= 15 is 0 Å². The molecule has 0 saturated heterocycles. The number of aromatic nitrogens is 2. The van der Waals surface area contributed by atoms with Crippen molar-refractivity contribution in [1.82, 2.24) is 9.97 Å². The van der Waals surface area contributed by atoms with Crippen molar-refractivity contribution in [2.75, 3.05) is 6.26 Å². The van der Waals surface area contributed by atoms with Gasteiger partial charge in [-0.15, -0.1) is 11.8 Å². The lowest BCUT2D eigenvalue weighted by atomic mass is 10.2. The number of halogens is 1. The lowest BCUT2D eigenvalue weighted by molar-refractivity contribution is 1.17. The Kier molecular flexibility index (Phi) is 3.38. The molecule has 1 heterocycles. The van der Waals surface area contributed by atoms with Crippen LogP contribution in [-0.4, -0.2) is 16.2 Å². The van der Waals surface area contributed by atoms with Crippen LogP contribution in [0.25, 0.3) is 11.3 Å². The predicted molar refractivity (Wildman–Crippen MR) is 66.9 cm³/mol. The fraction of sp³-hybridized carbons (Fsp3) is 0.0909. The monoisotopic (exact) mass is 280 g/mol. The van der Waals surface area contributed by atoms with E-state index in [9.17, 15) is 0 Å². The van der Waals surface area contributed by atoms with E-state index in [1.807, 2.05) is 0 Å². The Labute approximate surface area is 101 Å². The highest BCUT2D eigenvalue weighted by atomic mass is 79.9. The fourth-order valence-corrected chi connectivity index (χ4v) is 1.84. The van der Waals surface area contributed by atoms with Gasteiger partial charge in [-0.05, 0) is 34.3 Å². The molecule has 0 atom stereocenters. The summed E-state index contributed by atoms with van der Waals surface area (Å²) in [4.78, 5) is 9.69. The van der Waals surface area contributed by atoms with Crippen molar-refractivity contribution in [3.63, 3.8) is 0 Å². The van der Waals surface area contributed by atoms with Crippen LogP contribution in [0.5, 0.6) is 0 Å². The Morgan fingerprint density at radius 2 is 1.80 bits per heavy atom. The van der Waals surface area contributed by atoms with Gasteiger partial charge in [0.1, 0.15) is 4.60 Å². The van der Waals surface area contributed by atoms with Crippen LogP contribution in [0.2, 0.25) is 0 Å². The molecule has 0 unspecified atom stereocenters. The van der Waals surface area contributed by atoms with Gasteiger partial charge in [-0.25, -0.2) is 4.98 Å². The van der Waals surface area contributed by atoms with E-state index < -0.39 is 0 Å². The zero-order valence-corrected chi connectivity index (χ0v) is 10.5.